The largest absolute Gasteiger partial charge is 0.470 e. The number of aryl methyl sites for hydroxylation is 1. The molecule has 3 heterocycles. The Balaban J connectivity index is 1.46. The van der Waals surface area contributed by atoms with Gasteiger partial charge < -0.3 is 9.64 Å². The van der Waals surface area contributed by atoms with Gasteiger partial charge in [-0.15, -0.1) is 15.3 Å². The summed E-state index contributed by atoms with van der Waals surface area (Å²) in [5.41, 5.74) is 2.09. The fourth-order valence-electron chi connectivity index (χ4n) is 2.97. The smallest absolute Gasteiger partial charge is 0.273 e. The minimum Gasteiger partial charge on any atom is -0.470 e. The predicted octanol–water partition coefficient (Wildman–Crippen LogP) is 2.77. The maximum atomic E-state index is 12.8. The number of nitrogens with zero attached hydrogens (tertiary/aromatic N) is 8. The van der Waals surface area contributed by atoms with Crippen LogP contribution in [0, 0.1) is 6.92 Å². The van der Waals surface area contributed by atoms with Gasteiger partial charge >= 0.3 is 0 Å². The molecule has 10 nitrogen and oxygen atoms in total. The quantitative estimate of drug-likeness (QED) is 0.423. The number of alkyl halides is 2. The first kappa shape index (κ1) is 22.0. The average Bonchev–Trinajstić information content (AvgIpc) is 3.44. The van der Waals surface area contributed by atoms with Gasteiger partial charge in [-0.1, -0.05) is 17.3 Å². The van der Waals surface area contributed by atoms with Gasteiger partial charge in [0.15, 0.2) is 5.82 Å². The standard InChI is InChI=1S/C21H20F2N8O2/c1-13-17(31(28-25-13)15-6-4-14(5-7-15)20(22)23)11-33-19-9-8-18(26-27-19)30-10-16(24-12-30)21(32)29(2)3/h4-10,12,20H,11H2,1-3H3. The van der Waals surface area contributed by atoms with Crippen LogP contribution < -0.4 is 4.74 Å². The van der Waals surface area contributed by atoms with Crippen LogP contribution in [0.5, 0.6) is 5.88 Å². The fourth-order valence-corrected chi connectivity index (χ4v) is 2.97. The topological polar surface area (TPSA) is 104 Å². The van der Waals surface area contributed by atoms with Crippen molar-refractivity contribution in [3.8, 4) is 17.4 Å². The van der Waals surface area contributed by atoms with E-state index in [4.69, 9.17) is 4.74 Å². The summed E-state index contributed by atoms with van der Waals surface area (Å²) in [6.45, 7) is 1.87. The number of carbonyl (C=O) groups excluding carboxylic acids is 1. The molecule has 0 saturated heterocycles. The third-order valence-electron chi connectivity index (χ3n) is 4.80. The molecule has 0 saturated carbocycles. The highest BCUT2D eigenvalue weighted by atomic mass is 19.3. The molecule has 0 N–H and O–H groups in total. The molecule has 12 heteroatoms. The molecule has 0 unspecified atom stereocenters. The summed E-state index contributed by atoms with van der Waals surface area (Å²) in [5, 5.41) is 16.3. The van der Waals surface area contributed by atoms with Gasteiger partial charge in [-0.25, -0.2) is 18.4 Å². The van der Waals surface area contributed by atoms with Crippen molar-refractivity contribution in [1.29, 1.82) is 0 Å². The van der Waals surface area contributed by atoms with Gasteiger partial charge in [-0.3, -0.25) is 9.36 Å². The molecule has 0 spiro atoms. The highest BCUT2D eigenvalue weighted by Crippen LogP contribution is 2.21. The first-order chi connectivity index (χ1) is 15.8. The second-order valence-corrected chi connectivity index (χ2v) is 7.31. The third kappa shape index (κ3) is 4.68. The molecule has 0 aliphatic carbocycles. The number of ether oxygens (including phenoxy) is 1. The van der Waals surface area contributed by atoms with Crippen LogP contribution in [0.25, 0.3) is 11.5 Å². The predicted molar refractivity (Wildman–Crippen MR) is 113 cm³/mol. The summed E-state index contributed by atoms with van der Waals surface area (Å²) in [7, 11) is 3.30. The van der Waals surface area contributed by atoms with E-state index >= 15 is 0 Å². The lowest BCUT2D eigenvalue weighted by atomic mass is 10.2. The van der Waals surface area contributed by atoms with Crippen molar-refractivity contribution < 1.29 is 18.3 Å². The summed E-state index contributed by atoms with van der Waals surface area (Å²) in [4.78, 5) is 17.5. The zero-order valence-electron chi connectivity index (χ0n) is 18.1. The van der Waals surface area contributed by atoms with Gasteiger partial charge in [0.1, 0.15) is 24.3 Å². The Kier molecular flexibility index (Phi) is 6.07. The molecular formula is C21H20F2N8O2. The summed E-state index contributed by atoms with van der Waals surface area (Å²) in [6.07, 6.45) is 0.511. The minimum atomic E-state index is -2.54. The number of benzene rings is 1. The Morgan fingerprint density at radius 1 is 1.09 bits per heavy atom. The number of imidazole rings is 1. The third-order valence-corrected chi connectivity index (χ3v) is 4.80. The van der Waals surface area contributed by atoms with Crippen LogP contribution in [-0.4, -0.2) is 59.6 Å². The Labute approximate surface area is 187 Å². The lowest BCUT2D eigenvalue weighted by Gasteiger charge is -2.09. The molecule has 4 rings (SSSR count). The van der Waals surface area contributed by atoms with E-state index < -0.39 is 6.43 Å². The highest BCUT2D eigenvalue weighted by molar-refractivity contribution is 5.91. The normalized spacial score (nSPS) is 11.1. The number of hydrogen-bond acceptors (Lipinski definition) is 7. The molecule has 1 amide bonds. The van der Waals surface area contributed by atoms with Gasteiger partial charge in [-0.05, 0) is 25.1 Å². The molecule has 0 aliphatic heterocycles. The van der Waals surface area contributed by atoms with Crippen LogP contribution in [0.3, 0.4) is 0 Å². The fraction of sp³-hybridized carbons (Fsp3) is 0.238. The molecule has 0 fully saturated rings. The van der Waals surface area contributed by atoms with E-state index in [9.17, 15) is 13.6 Å². The van der Waals surface area contributed by atoms with Crippen molar-refractivity contribution in [2.45, 2.75) is 20.0 Å². The van der Waals surface area contributed by atoms with Crippen LogP contribution in [0.1, 0.15) is 33.9 Å². The lowest BCUT2D eigenvalue weighted by Crippen LogP contribution is -2.21. The summed E-state index contributed by atoms with van der Waals surface area (Å²) in [6, 6.07) is 9.11. The summed E-state index contributed by atoms with van der Waals surface area (Å²) in [5.74, 6) is 0.518. The SMILES string of the molecule is Cc1nnn(-c2ccc(C(F)F)cc2)c1COc1ccc(-n2cnc(C(=O)N(C)C)c2)nn1. The van der Waals surface area contributed by atoms with Crippen molar-refractivity contribution in [3.05, 3.63) is 71.6 Å². The van der Waals surface area contributed by atoms with Gasteiger partial charge in [0.05, 0.1) is 11.4 Å². The number of carbonyl (C=O) groups is 1. The van der Waals surface area contributed by atoms with Gasteiger partial charge in [0.25, 0.3) is 12.3 Å². The van der Waals surface area contributed by atoms with Crippen LogP contribution in [-0.2, 0) is 6.61 Å². The summed E-state index contributed by atoms with van der Waals surface area (Å²) < 4.78 is 34.5. The van der Waals surface area contributed by atoms with E-state index in [0.717, 1.165) is 0 Å². The molecule has 0 bridgehead atoms. The zero-order valence-corrected chi connectivity index (χ0v) is 18.1. The number of aromatic nitrogens is 7. The molecule has 0 atom stereocenters. The first-order valence-electron chi connectivity index (χ1n) is 9.85. The van der Waals surface area contributed by atoms with Gasteiger partial charge in [0.2, 0.25) is 5.88 Å². The van der Waals surface area contributed by atoms with E-state index in [0.29, 0.717) is 28.6 Å². The Bertz CT molecular complexity index is 1250. The Morgan fingerprint density at radius 2 is 1.85 bits per heavy atom. The molecular weight excluding hydrogens is 434 g/mol. The maximum absolute atomic E-state index is 12.8. The van der Waals surface area contributed by atoms with E-state index in [-0.39, 0.29) is 24.0 Å². The molecule has 0 radical (unpaired) electrons. The number of amides is 1. The van der Waals surface area contributed by atoms with E-state index in [1.165, 1.54) is 28.0 Å². The van der Waals surface area contributed by atoms with Crippen molar-refractivity contribution in [3.63, 3.8) is 0 Å². The van der Waals surface area contributed by atoms with E-state index in [1.54, 1.807) is 56.0 Å². The average molecular weight is 454 g/mol. The minimum absolute atomic E-state index is 0.0696. The van der Waals surface area contributed by atoms with Crippen LogP contribution in [0.2, 0.25) is 0 Å². The van der Waals surface area contributed by atoms with E-state index in [2.05, 4.69) is 25.5 Å². The van der Waals surface area contributed by atoms with Gasteiger partial charge in [-0.2, -0.15) is 0 Å². The van der Waals surface area contributed by atoms with Crippen molar-refractivity contribution >= 4 is 5.91 Å². The number of hydrogen-bond donors (Lipinski definition) is 0. The van der Waals surface area contributed by atoms with Crippen molar-refractivity contribution in [2.24, 2.45) is 0 Å². The Hall–Kier alpha value is -4.22. The van der Waals surface area contributed by atoms with Crippen molar-refractivity contribution in [2.75, 3.05) is 14.1 Å². The first-order valence-corrected chi connectivity index (χ1v) is 9.85. The number of rotatable bonds is 7. The van der Waals surface area contributed by atoms with Crippen LogP contribution in [0.4, 0.5) is 8.78 Å². The van der Waals surface area contributed by atoms with Crippen LogP contribution in [0.15, 0.2) is 48.9 Å². The van der Waals surface area contributed by atoms with Crippen molar-refractivity contribution in [1.82, 2.24) is 39.6 Å². The molecule has 33 heavy (non-hydrogen) atoms. The molecule has 4 aromatic rings. The highest BCUT2D eigenvalue weighted by Gasteiger charge is 2.15. The zero-order chi connectivity index (χ0) is 23.5. The summed E-state index contributed by atoms with van der Waals surface area (Å²) >= 11 is 0. The number of halogens is 2. The molecule has 3 aromatic heterocycles. The lowest BCUT2D eigenvalue weighted by molar-refractivity contribution is 0.0822. The maximum Gasteiger partial charge on any atom is 0.273 e. The van der Waals surface area contributed by atoms with E-state index in [1.807, 2.05) is 0 Å². The van der Waals surface area contributed by atoms with Gasteiger partial charge in [0, 0.05) is 31.9 Å². The second-order valence-electron chi connectivity index (χ2n) is 7.31. The molecule has 170 valence electrons. The second kappa shape index (κ2) is 9.10. The monoisotopic (exact) mass is 454 g/mol. The Morgan fingerprint density at radius 3 is 2.48 bits per heavy atom. The van der Waals surface area contributed by atoms with Crippen LogP contribution >= 0.6 is 0 Å². The molecule has 1 aromatic carbocycles. The molecule has 0 aliphatic rings.